The lowest BCUT2D eigenvalue weighted by atomic mass is 9.34. The van der Waals surface area contributed by atoms with Crippen molar-refractivity contribution in [3.63, 3.8) is 0 Å². The van der Waals surface area contributed by atoms with Crippen molar-refractivity contribution in [3.8, 4) is 22.6 Å². The van der Waals surface area contributed by atoms with Gasteiger partial charge in [0.15, 0.2) is 0 Å². The Balaban J connectivity index is 1.32. The zero-order chi connectivity index (χ0) is 34.1. The molecule has 242 valence electrons. The van der Waals surface area contributed by atoms with E-state index in [0.29, 0.717) is 0 Å². The summed E-state index contributed by atoms with van der Waals surface area (Å²) in [4.78, 5) is 4.93. The Morgan fingerprint density at radius 3 is 1.57 bits per heavy atom. The van der Waals surface area contributed by atoms with Crippen molar-refractivity contribution < 1.29 is 8.83 Å². The topological polar surface area (TPSA) is 49.0 Å². The summed E-state index contributed by atoms with van der Waals surface area (Å²) in [5, 5.41) is 11.8. The predicted molar refractivity (Wildman–Crippen MR) is 218 cm³/mol. The summed E-state index contributed by atoms with van der Waals surface area (Å²) >= 11 is 0. The van der Waals surface area contributed by atoms with Crippen molar-refractivity contribution in [2.24, 2.45) is 0 Å². The van der Waals surface area contributed by atoms with Crippen molar-refractivity contribution >= 4 is 110 Å². The number of fused-ring (bicyclic) bond motifs is 8. The molecule has 0 fully saturated rings. The fourth-order valence-corrected chi connectivity index (χ4v) is 10.3. The molecule has 5 aromatic heterocycles. The number of furan rings is 2. The molecule has 0 spiro atoms. The third-order valence-electron chi connectivity index (χ3n) is 12.3. The molecule has 7 aromatic carbocycles. The zero-order valence-corrected chi connectivity index (χ0v) is 28.1. The molecule has 0 atom stereocenters. The van der Waals surface area contributed by atoms with E-state index in [1.807, 2.05) is 24.8 Å². The lowest BCUT2D eigenvalue weighted by Crippen LogP contribution is -2.59. The molecule has 2 aliphatic heterocycles. The van der Waals surface area contributed by atoms with Crippen LogP contribution in [-0.4, -0.2) is 20.8 Å². The first-order valence-electron chi connectivity index (χ1n) is 18.1. The number of hydrogen-bond acceptors (Lipinski definition) is 3. The maximum Gasteiger partial charge on any atom is 0.252 e. The molecule has 7 heterocycles. The van der Waals surface area contributed by atoms with Crippen LogP contribution in [0.5, 0.6) is 0 Å². The number of hydrogen-bond donors (Lipinski definition) is 0. The maximum atomic E-state index is 6.41. The minimum atomic E-state index is -0.0459. The first-order chi connectivity index (χ1) is 26.3. The molecule has 0 saturated carbocycles. The molecule has 0 aliphatic carbocycles. The molecule has 0 amide bonds. The molecule has 0 N–H and O–H groups in total. The van der Waals surface area contributed by atoms with Gasteiger partial charge in [0.25, 0.3) is 6.71 Å². The zero-order valence-electron chi connectivity index (χ0n) is 28.1. The Bertz CT molecular complexity index is 3410. The normalized spacial score (nSPS) is 13.2. The second-order valence-corrected chi connectivity index (χ2v) is 14.7. The van der Waals surface area contributed by atoms with Gasteiger partial charge in [0.1, 0.15) is 11.2 Å². The fraction of sp³-hybridized carbons (Fsp3) is 0. The Kier molecular flexibility index (Phi) is 4.56. The van der Waals surface area contributed by atoms with Crippen LogP contribution in [0, 0.1) is 0 Å². The van der Waals surface area contributed by atoms with Gasteiger partial charge in [-0.3, -0.25) is 4.98 Å². The third kappa shape index (κ3) is 3.05. The van der Waals surface area contributed by atoms with E-state index in [1.54, 1.807) is 0 Å². The van der Waals surface area contributed by atoms with Crippen LogP contribution < -0.4 is 16.4 Å². The van der Waals surface area contributed by atoms with Gasteiger partial charge in [0, 0.05) is 44.7 Å². The van der Waals surface area contributed by atoms with E-state index in [4.69, 9.17) is 13.8 Å². The highest BCUT2D eigenvalue weighted by Crippen LogP contribution is 2.44. The molecular formula is C47H24BN3O2. The van der Waals surface area contributed by atoms with Gasteiger partial charge in [-0.15, -0.1) is 0 Å². The van der Waals surface area contributed by atoms with Crippen molar-refractivity contribution in [1.29, 1.82) is 0 Å². The number of nitrogens with zero attached hydrogens (tertiary/aromatic N) is 3. The van der Waals surface area contributed by atoms with Gasteiger partial charge in [0.2, 0.25) is 0 Å². The molecule has 0 unspecified atom stereocenters. The Hall–Kier alpha value is -7.05. The van der Waals surface area contributed by atoms with Gasteiger partial charge >= 0.3 is 0 Å². The van der Waals surface area contributed by atoms with Crippen LogP contribution in [0.4, 0.5) is 0 Å². The average Bonchev–Trinajstić information content (AvgIpc) is 3.79. The monoisotopic (exact) mass is 673 g/mol. The van der Waals surface area contributed by atoms with Gasteiger partial charge in [-0.2, -0.15) is 0 Å². The van der Waals surface area contributed by atoms with Gasteiger partial charge in [0.05, 0.1) is 51.1 Å². The van der Waals surface area contributed by atoms with Crippen molar-refractivity contribution in [3.05, 3.63) is 146 Å². The van der Waals surface area contributed by atoms with E-state index >= 15 is 0 Å². The fourth-order valence-electron chi connectivity index (χ4n) is 10.3. The van der Waals surface area contributed by atoms with Crippen molar-refractivity contribution in [2.45, 2.75) is 0 Å². The molecule has 6 heteroatoms. The standard InChI is InChI=1S/C47H24BN3O2/c1-2-20-49-34(13-1)27-21-37-45-38(22-27)51-36-15-6-10-26-8-4-12-29(42(26)36)31-24-53-40-19-17-33(47(51)44(31)40)48(45)32-16-18-39-43-30(23-52-39)28-11-3-7-25-9-5-14-35(41(25)28)50(37)46(32)43/h1-24H. The molecule has 2 aliphatic rings. The number of benzene rings is 7. The average molecular weight is 674 g/mol. The minimum absolute atomic E-state index is 0.0459. The second-order valence-electron chi connectivity index (χ2n) is 14.7. The third-order valence-corrected chi connectivity index (χ3v) is 12.3. The molecule has 14 rings (SSSR count). The summed E-state index contributed by atoms with van der Waals surface area (Å²) in [6.45, 7) is -0.0459. The molecule has 12 aromatic rings. The van der Waals surface area contributed by atoms with Gasteiger partial charge in [-0.1, -0.05) is 78.9 Å². The Labute approximate surface area is 301 Å². The van der Waals surface area contributed by atoms with Crippen LogP contribution in [0.1, 0.15) is 0 Å². The minimum Gasteiger partial charge on any atom is -0.464 e. The van der Waals surface area contributed by atoms with Crippen LogP contribution in [-0.2, 0) is 0 Å². The molecular weight excluding hydrogens is 649 g/mol. The van der Waals surface area contributed by atoms with Gasteiger partial charge in [-0.25, -0.2) is 0 Å². The van der Waals surface area contributed by atoms with Crippen LogP contribution in [0.25, 0.3) is 110 Å². The van der Waals surface area contributed by atoms with Crippen LogP contribution in [0.15, 0.2) is 155 Å². The highest BCUT2D eigenvalue weighted by atomic mass is 16.3. The van der Waals surface area contributed by atoms with E-state index < -0.39 is 0 Å². The van der Waals surface area contributed by atoms with E-state index in [-0.39, 0.29) is 6.71 Å². The SMILES string of the molecule is c1ccc(-c2cc3c4c(c2)-n2c5cccc6cccc(c7coc8ccc(c2c87)B4c2ccc4occ7c8cccc9cccc(c98)n-3c2c47)c65)nc1. The van der Waals surface area contributed by atoms with Crippen LogP contribution in [0.3, 0.4) is 0 Å². The van der Waals surface area contributed by atoms with Crippen LogP contribution in [0.2, 0.25) is 0 Å². The van der Waals surface area contributed by atoms with Gasteiger partial charge < -0.3 is 18.0 Å². The molecule has 53 heavy (non-hydrogen) atoms. The molecule has 0 bridgehead atoms. The van der Waals surface area contributed by atoms with E-state index in [2.05, 4.69) is 130 Å². The summed E-state index contributed by atoms with van der Waals surface area (Å²) < 4.78 is 17.9. The van der Waals surface area contributed by atoms with E-state index in [0.717, 1.165) is 55.3 Å². The summed E-state index contributed by atoms with van der Waals surface area (Å²) in [6, 6.07) is 46.6. The van der Waals surface area contributed by atoms with Crippen LogP contribution >= 0.6 is 0 Å². The Morgan fingerprint density at radius 1 is 0.491 bits per heavy atom. The molecule has 0 radical (unpaired) electrons. The van der Waals surface area contributed by atoms with Gasteiger partial charge in [-0.05, 0) is 86.5 Å². The maximum absolute atomic E-state index is 6.41. The second kappa shape index (κ2) is 9.05. The largest absolute Gasteiger partial charge is 0.464 e. The molecule has 0 saturated heterocycles. The van der Waals surface area contributed by atoms with Crippen molar-refractivity contribution in [1.82, 2.24) is 14.1 Å². The summed E-state index contributed by atoms with van der Waals surface area (Å²) in [5.74, 6) is 0. The lowest BCUT2D eigenvalue weighted by Gasteiger charge is -2.35. The number of pyridine rings is 1. The summed E-state index contributed by atoms with van der Waals surface area (Å²) in [7, 11) is 0. The quantitative estimate of drug-likeness (QED) is 0.163. The number of rotatable bonds is 1. The Morgan fingerprint density at radius 2 is 1.04 bits per heavy atom. The highest BCUT2D eigenvalue weighted by Gasteiger charge is 2.41. The lowest BCUT2D eigenvalue weighted by molar-refractivity contribution is 0.619. The first kappa shape index (κ1) is 26.7. The summed E-state index contributed by atoms with van der Waals surface area (Å²) in [5.41, 5.74) is 14.6. The van der Waals surface area contributed by atoms with Crippen molar-refractivity contribution in [2.75, 3.05) is 0 Å². The summed E-state index contributed by atoms with van der Waals surface area (Å²) in [6.07, 6.45) is 5.81. The predicted octanol–water partition coefficient (Wildman–Crippen LogP) is 9.88. The first-order valence-corrected chi connectivity index (χ1v) is 18.1. The molecule has 5 nitrogen and oxygen atoms in total. The highest BCUT2D eigenvalue weighted by molar-refractivity contribution is 7.00. The van der Waals surface area contributed by atoms with E-state index in [9.17, 15) is 0 Å². The number of aromatic nitrogens is 3. The van der Waals surface area contributed by atoms with E-state index in [1.165, 1.54) is 70.8 Å². The smallest absolute Gasteiger partial charge is 0.252 e.